The van der Waals surface area contributed by atoms with Crippen molar-refractivity contribution in [2.24, 2.45) is 0 Å². The van der Waals surface area contributed by atoms with Crippen LogP contribution in [0.4, 0.5) is 0 Å². The molecule has 1 N–H and O–H groups in total. The van der Waals surface area contributed by atoms with E-state index in [1.165, 1.54) is 0 Å². The number of aromatic amines is 1. The lowest BCUT2D eigenvalue weighted by Gasteiger charge is -2.32. The molecule has 0 spiro atoms. The first-order valence-corrected chi connectivity index (χ1v) is 7.26. The third kappa shape index (κ3) is 2.43. The molecule has 2 aromatic rings. The Balaban J connectivity index is 1.83. The number of nitrogens with one attached hydrogen (secondary N) is 1. The number of hydrogen-bond acceptors (Lipinski definition) is 2. The average Bonchev–Trinajstić information content (AvgIpc) is 2.95. The monoisotopic (exact) mass is 272 g/mol. The summed E-state index contributed by atoms with van der Waals surface area (Å²) in [6, 6.07) is 7.79. The fourth-order valence-electron chi connectivity index (χ4n) is 2.94. The van der Waals surface area contributed by atoms with Crippen LogP contribution in [0.15, 0.2) is 30.5 Å². The van der Waals surface area contributed by atoms with Crippen molar-refractivity contribution < 1.29 is 9.53 Å². The van der Waals surface area contributed by atoms with E-state index < -0.39 is 0 Å². The van der Waals surface area contributed by atoms with Crippen LogP contribution in [0, 0.1) is 0 Å². The highest BCUT2D eigenvalue weighted by Gasteiger charge is 2.25. The van der Waals surface area contributed by atoms with Crippen LogP contribution in [0.5, 0.6) is 0 Å². The molecule has 3 rings (SSSR count). The quantitative estimate of drug-likeness (QED) is 0.933. The summed E-state index contributed by atoms with van der Waals surface area (Å²) < 4.78 is 5.67. The van der Waals surface area contributed by atoms with Crippen molar-refractivity contribution in [2.45, 2.75) is 25.9 Å². The van der Waals surface area contributed by atoms with Gasteiger partial charge in [0.05, 0.1) is 6.10 Å². The van der Waals surface area contributed by atoms with Crippen molar-refractivity contribution >= 4 is 16.8 Å². The third-order valence-corrected chi connectivity index (χ3v) is 3.89. The van der Waals surface area contributed by atoms with E-state index in [1.54, 1.807) is 0 Å². The van der Waals surface area contributed by atoms with Crippen LogP contribution in [0.1, 0.15) is 30.1 Å². The zero-order valence-electron chi connectivity index (χ0n) is 11.8. The lowest BCUT2D eigenvalue weighted by molar-refractivity contribution is 0.00731. The predicted octanol–water partition coefficient (Wildman–Crippen LogP) is 2.81. The van der Waals surface area contributed by atoms with Crippen LogP contribution in [0.2, 0.25) is 0 Å². The lowest BCUT2D eigenvalue weighted by Crippen LogP contribution is -2.43. The minimum atomic E-state index is 0.111. The molecule has 1 unspecified atom stereocenters. The maximum absolute atomic E-state index is 12.7. The van der Waals surface area contributed by atoms with Crippen LogP contribution < -0.4 is 0 Å². The maximum Gasteiger partial charge on any atom is 0.254 e. The van der Waals surface area contributed by atoms with Gasteiger partial charge in [-0.3, -0.25) is 4.79 Å². The number of carbonyl (C=O) groups excluding carboxylic acids is 1. The highest BCUT2D eigenvalue weighted by atomic mass is 16.5. The molecule has 1 aliphatic rings. The number of likely N-dealkylation sites (tertiary alicyclic amines) is 1. The van der Waals surface area contributed by atoms with Gasteiger partial charge >= 0.3 is 0 Å². The van der Waals surface area contributed by atoms with E-state index in [1.807, 2.05) is 42.3 Å². The van der Waals surface area contributed by atoms with Crippen LogP contribution in [-0.4, -0.2) is 41.6 Å². The number of H-pyrrole nitrogens is 1. The zero-order chi connectivity index (χ0) is 13.9. The maximum atomic E-state index is 12.7. The third-order valence-electron chi connectivity index (χ3n) is 3.89. The Bertz CT molecular complexity index is 603. The molecule has 1 amide bonds. The van der Waals surface area contributed by atoms with Crippen LogP contribution in [0.3, 0.4) is 0 Å². The van der Waals surface area contributed by atoms with E-state index in [0.29, 0.717) is 13.2 Å². The van der Waals surface area contributed by atoms with Gasteiger partial charge in [-0.1, -0.05) is 6.07 Å². The fraction of sp³-hybridized carbons (Fsp3) is 0.438. The summed E-state index contributed by atoms with van der Waals surface area (Å²) in [6.07, 6.45) is 4.12. The molecule has 1 aliphatic heterocycles. The Kier molecular flexibility index (Phi) is 3.74. The number of fused-ring (bicyclic) bond motifs is 1. The van der Waals surface area contributed by atoms with E-state index in [4.69, 9.17) is 4.74 Å². The number of hydrogen-bond donors (Lipinski definition) is 1. The first-order chi connectivity index (χ1) is 9.79. The molecule has 0 saturated carbocycles. The highest BCUT2D eigenvalue weighted by molar-refractivity contribution is 6.06. The molecule has 1 aromatic carbocycles. The molecule has 0 radical (unpaired) electrons. The molecule has 1 aromatic heterocycles. The summed E-state index contributed by atoms with van der Waals surface area (Å²) >= 11 is 0. The number of piperidine rings is 1. The Morgan fingerprint density at radius 1 is 1.45 bits per heavy atom. The van der Waals surface area contributed by atoms with Crippen molar-refractivity contribution in [3.63, 3.8) is 0 Å². The smallest absolute Gasteiger partial charge is 0.254 e. The Labute approximate surface area is 118 Å². The van der Waals surface area contributed by atoms with Gasteiger partial charge in [0.25, 0.3) is 5.91 Å². The summed E-state index contributed by atoms with van der Waals surface area (Å²) in [5.41, 5.74) is 1.79. The van der Waals surface area contributed by atoms with Crippen LogP contribution >= 0.6 is 0 Å². The fourth-order valence-corrected chi connectivity index (χ4v) is 2.94. The average molecular weight is 272 g/mol. The molecule has 1 fully saturated rings. The Morgan fingerprint density at radius 2 is 2.35 bits per heavy atom. The minimum Gasteiger partial charge on any atom is -0.377 e. The Hall–Kier alpha value is -1.81. The second-order valence-corrected chi connectivity index (χ2v) is 5.22. The first-order valence-electron chi connectivity index (χ1n) is 7.26. The minimum absolute atomic E-state index is 0.111. The number of amides is 1. The molecule has 20 heavy (non-hydrogen) atoms. The van der Waals surface area contributed by atoms with Gasteiger partial charge in [-0.15, -0.1) is 0 Å². The van der Waals surface area contributed by atoms with Crippen molar-refractivity contribution in [3.05, 3.63) is 36.0 Å². The predicted molar refractivity (Wildman–Crippen MR) is 78.9 cm³/mol. The van der Waals surface area contributed by atoms with Gasteiger partial charge in [0.2, 0.25) is 0 Å². The number of rotatable bonds is 3. The Morgan fingerprint density at radius 3 is 3.20 bits per heavy atom. The summed E-state index contributed by atoms with van der Waals surface area (Å²) in [6.45, 7) is 4.23. The molecule has 0 aliphatic carbocycles. The second kappa shape index (κ2) is 5.67. The number of nitrogens with zero attached hydrogens (tertiary/aromatic N) is 1. The summed E-state index contributed by atoms with van der Waals surface area (Å²) in [5.74, 6) is 0.111. The normalized spacial score (nSPS) is 19.4. The number of aromatic nitrogens is 1. The lowest BCUT2D eigenvalue weighted by atomic mass is 10.0. The summed E-state index contributed by atoms with van der Waals surface area (Å²) in [7, 11) is 0. The molecule has 1 atom stereocenters. The summed E-state index contributed by atoms with van der Waals surface area (Å²) in [4.78, 5) is 17.8. The SMILES string of the molecule is CCOC1CCCN(C(=O)c2cccc3[nH]ccc23)C1. The van der Waals surface area contributed by atoms with E-state index in [-0.39, 0.29) is 12.0 Å². The van der Waals surface area contributed by atoms with Crippen molar-refractivity contribution in [1.82, 2.24) is 9.88 Å². The van der Waals surface area contributed by atoms with E-state index in [2.05, 4.69) is 4.98 Å². The van der Waals surface area contributed by atoms with Gasteiger partial charge < -0.3 is 14.6 Å². The van der Waals surface area contributed by atoms with E-state index in [9.17, 15) is 4.79 Å². The molecule has 0 bridgehead atoms. The topological polar surface area (TPSA) is 45.3 Å². The van der Waals surface area contributed by atoms with Gasteiger partial charge in [-0.25, -0.2) is 0 Å². The molecule has 4 nitrogen and oxygen atoms in total. The van der Waals surface area contributed by atoms with Crippen LogP contribution in [0.25, 0.3) is 10.9 Å². The standard InChI is InChI=1S/C16H20N2O2/c1-2-20-12-5-4-10-18(11-12)16(19)14-6-3-7-15-13(14)8-9-17-15/h3,6-9,12,17H,2,4-5,10-11H2,1H3. The van der Waals surface area contributed by atoms with Gasteiger partial charge in [-0.05, 0) is 38.0 Å². The van der Waals surface area contributed by atoms with E-state index in [0.717, 1.165) is 35.9 Å². The number of benzene rings is 1. The molecular weight excluding hydrogens is 252 g/mol. The van der Waals surface area contributed by atoms with E-state index >= 15 is 0 Å². The molecule has 2 heterocycles. The van der Waals surface area contributed by atoms with Gasteiger partial charge in [0, 0.05) is 42.4 Å². The van der Waals surface area contributed by atoms with Gasteiger partial charge in [0.15, 0.2) is 0 Å². The largest absolute Gasteiger partial charge is 0.377 e. The number of ether oxygens (including phenoxy) is 1. The zero-order valence-corrected chi connectivity index (χ0v) is 11.8. The second-order valence-electron chi connectivity index (χ2n) is 5.22. The molecule has 1 saturated heterocycles. The van der Waals surface area contributed by atoms with Crippen molar-refractivity contribution in [1.29, 1.82) is 0 Å². The number of carbonyl (C=O) groups is 1. The molecular formula is C16H20N2O2. The molecule has 4 heteroatoms. The highest BCUT2D eigenvalue weighted by Crippen LogP contribution is 2.21. The van der Waals surface area contributed by atoms with Gasteiger partial charge in [0.1, 0.15) is 0 Å². The van der Waals surface area contributed by atoms with Crippen molar-refractivity contribution in [2.75, 3.05) is 19.7 Å². The van der Waals surface area contributed by atoms with Gasteiger partial charge in [-0.2, -0.15) is 0 Å². The summed E-state index contributed by atoms with van der Waals surface area (Å²) in [5, 5.41) is 0.996. The molecule has 106 valence electrons. The van der Waals surface area contributed by atoms with Crippen LogP contribution in [-0.2, 0) is 4.74 Å². The first kappa shape index (κ1) is 13.2. The van der Waals surface area contributed by atoms with Crippen molar-refractivity contribution in [3.8, 4) is 0 Å².